The van der Waals surface area contributed by atoms with Crippen molar-refractivity contribution in [3.05, 3.63) is 29.8 Å². The molecule has 0 bridgehead atoms. The van der Waals surface area contributed by atoms with Crippen molar-refractivity contribution in [2.45, 2.75) is 89.9 Å². The number of amides is 3. The van der Waals surface area contributed by atoms with Crippen molar-refractivity contribution in [3.63, 3.8) is 0 Å². The normalized spacial score (nSPS) is 21.1. The van der Waals surface area contributed by atoms with Gasteiger partial charge in [-0.15, -0.1) is 11.8 Å². The fourth-order valence-corrected chi connectivity index (χ4v) is 8.44. The standard InChI is InChI=1S/C33H52N4O5S2/c1-33(2,3)42-32(40)37-23-44-22-29(37)31(39)35-28(21-43-20-26-8-6-5-7-9-26)30(38)34-18-24-14-16-36(17-15-24)19-25-10-12-27(41-4)13-11-25/h10-13,24,26,28-29H,5-9,14-23H2,1-4H3,(H,34,38)(H,35,39)/t28?,29-/m0/s1. The summed E-state index contributed by atoms with van der Waals surface area (Å²) in [5, 5.41) is 6.19. The van der Waals surface area contributed by atoms with Crippen LogP contribution in [-0.2, 0) is 20.9 Å². The quantitative estimate of drug-likeness (QED) is 0.322. The van der Waals surface area contributed by atoms with Crippen LogP contribution >= 0.6 is 23.5 Å². The SMILES string of the molecule is COc1ccc(CN2CCC(CNC(=O)C(CSCC3CCCCC3)NC(=O)[C@@H]3CSCN3C(=O)OC(C)(C)C)CC2)cc1. The van der Waals surface area contributed by atoms with Crippen LogP contribution in [0, 0.1) is 11.8 Å². The van der Waals surface area contributed by atoms with E-state index in [1.54, 1.807) is 18.9 Å². The molecule has 44 heavy (non-hydrogen) atoms. The van der Waals surface area contributed by atoms with Gasteiger partial charge in [0.15, 0.2) is 0 Å². The lowest BCUT2D eigenvalue weighted by atomic mass is 9.91. The molecule has 1 aromatic rings. The summed E-state index contributed by atoms with van der Waals surface area (Å²) in [6, 6.07) is 6.94. The molecule has 1 saturated carbocycles. The first-order valence-corrected chi connectivity index (χ1v) is 18.5. The Morgan fingerprint density at radius 3 is 2.39 bits per heavy atom. The largest absolute Gasteiger partial charge is 0.497 e. The molecule has 1 unspecified atom stereocenters. The molecule has 3 aliphatic rings. The van der Waals surface area contributed by atoms with E-state index < -0.39 is 23.8 Å². The van der Waals surface area contributed by atoms with Crippen molar-refractivity contribution in [1.29, 1.82) is 0 Å². The first kappa shape index (κ1) is 34.8. The summed E-state index contributed by atoms with van der Waals surface area (Å²) in [5.74, 6) is 3.97. The van der Waals surface area contributed by atoms with Gasteiger partial charge in [0.25, 0.3) is 0 Å². The Hall–Kier alpha value is -2.11. The minimum atomic E-state index is -0.650. The van der Waals surface area contributed by atoms with E-state index in [9.17, 15) is 14.4 Å². The second kappa shape index (κ2) is 17.0. The number of likely N-dealkylation sites (tertiary alicyclic amines) is 1. The van der Waals surface area contributed by atoms with E-state index in [0.717, 1.165) is 44.0 Å². The molecule has 0 radical (unpaired) electrons. The number of nitrogens with one attached hydrogen (secondary N) is 2. The van der Waals surface area contributed by atoms with Crippen molar-refractivity contribution < 1.29 is 23.9 Å². The van der Waals surface area contributed by atoms with Crippen LogP contribution in [0.25, 0.3) is 0 Å². The number of carbonyl (C=O) groups excluding carboxylic acids is 3. The number of piperidine rings is 1. The molecule has 2 aliphatic heterocycles. The number of benzene rings is 1. The fraction of sp³-hybridized carbons (Fsp3) is 0.727. The summed E-state index contributed by atoms with van der Waals surface area (Å²) in [4.78, 5) is 43.7. The van der Waals surface area contributed by atoms with Gasteiger partial charge in [0, 0.05) is 24.6 Å². The van der Waals surface area contributed by atoms with Crippen LogP contribution in [0.3, 0.4) is 0 Å². The van der Waals surface area contributed by atoms with Crippen LogP contribution in [0.15, 0.2) is 24.3 Å². The predicted octanol–water partition coefficient (Wildman–Crippen LogP) is 5.13. The molecule has 246 valence electrons. The fourth-order valence-electron chi connectivity index (χ4n) is 6.02. The van der Waals surface area contributed by atoms with Gasteiger partial charge in [0.1, 0.15) is 23.4 Å². The van der Waals surface area contributed by atoms with Gasteiger partial charge < -0.3 is 20.1 Å². The monoisotopic (exact) mass is 648 g/mol. The first-order valence-electron chi connectivity index (χ1n) is 16.2. The maximum absolute atomic E-state index is 13.5. The van der Waals surface area contributed by atoms with Crippen LogP contribution in [0.1, 0.15) is 71.3 Å². The molecule has 9 nitrogen and oxygen atoms in total. The molecule has 3 fully saturated rings. The zero-order chi connectivity index (χ0) is 31.5. The highest BCUT2D eigenvalue weighted by atomic mass is 32.2. The first-order chi connectivity index (χ1) is 21.1. The summed E-state index contributed by atoms with van der Waals surface area (Å²) in [6.07, 6.45) is 7.93. The van der Waals surface area contributed by atoms with Gasteiger partial charge in [-0.25, -0.2) is 4.79 Å². The smallest absolute Gasteiger partial charge is 0.411 e. The van der Waals surface area contributed by atoms with E-state index in [4.69, 9.17) is 9.47 Å². The van der Waals surface area contributed by atoms with Gasteiger partial charge in [0.05, 0.1) is 13.0 Å². The number of hydrogen-bond acceptors (Lipinski definition) is 8. The average molecular weight is 649 g/mol. The van der Waals surface area contributed by atoms with Gasteiger partial charge in [-0.2, -0.15) is 11.8 Å². The molecule has 2 saturated heterocycles. The number of ether oxygens (including phenoxy) is 2. The maximum atomic E-state index is 13.5. The zero-order valence-electron chi connectivity index (χ0n) is 27.0. The van der Waals surface area contributed by atoms with Crippen LogP contribution in [0.4, 0.5) is 4.79 Å². The summed E-state index contributed by atoms with van der Waals surface area (Å²) in [7, 11) is 1.68. The van der Waals surface area contributed by atoms with Crippen molar-refractivity contribution in [2.24, 2.45) is 11.8 Å². The Morgan fingerprint density at radius 1 is 1.02 bits per heavy atom. The molecule has 0 spiro atoms. The second-order valence-electron chi connectivity index (χ2n) is 13.4. The van der Waals surface area contributed by atoms with Gasteiger partial charge in [-0.1, -0.05) is 31.4 Å². The maximum Gasteiger partial charge on any atom is 0.411 e. The Morgan fingerprint density at radius 2 is 1.73 bits per heavy atom. The second-order valence-corrected chi connectivity index (χ2v) is 15.5. The molecule has 4 rings (SSSR count). The number of nitrogens with zero attached hydrogens (tertiary/aromatic N) is 2. The highest BCUT2D eigenvalue weighted by Gasteiger charge is 2.38. The Balaban J connectivity index is 1.28. The summed E-state index contributed by atoms with van der Waals surface area (Å²) < 4.78 is 10.8. The molecule has 2 N–H and O–H groups in total. The molecular formula is C33H52N4O5S2. The van der Waals surface area contributed by atoms with Gasteiger partial charge in [0.2, 0.25) is 11.8 Å². The minimum Gasteiger partial charge on any atom is -0.497 e. The van der Waals surface area contributed by atoms with Crippen LogP contribution < -0.4 is 15.4 Å². The zero-order valence-corrected chi connectivity index (χ0v) is 28.6. The molecule has 1 aromatic carbocycles. The van der Waals surface area contributed by atoms with Crippen LogP contribution in [0.2, 0.25) is 0 Å². The summed E-state index contributed by atoms with van der Waals surface area (Å²) in [5.41, 5.74) is 0.628. The Labute approximate surface area is 272 Å². The molecule has 0 aromatic heterocycles. The predicted molar refractivity (Wildman–Crippen MR) is 179 cm³/mol. The average Bonchev–Trinajstić information content (AvgIpc) is 3.51. The summed E-state index contributed by atoms with van der Waals surface area (Å²) in [6.45, 7) is 8.95. The number of hydrogen-bond donors (Lipinski definition) is 2. The highest BCUT2D eigenvalue weighted by Crippen LogP contribution is 2.28. The molecule has 2 atom stereocenters. The van der Waals surface area contributed by atoms with Crippen molar-refractivity contribution in [1.82, 2.24) is 20.4 Å². The lowest BCUT2D eigenvalue weighted by Gasteiger charge is -2.32. The lowest BCUT2D eigenvalue weighted by Crippen LogP contribution is -2.55. The van der Waals surface area contributed by atoms with Crippen molar-refractivity contribution in [3.8, 4) is 5.75 Å². The van der Waals surface area contributed by atoms with E-state index in [1.807, 2.05) is 32.9 Å². The number of thioether (sulfide) groups is 2. The van der Waals surface area contributed by atoms with Crippen molar-refractivity contribution in [2.75, 3.05) is 49.9 Å². The molecule has 3 amide bonds. The topological polar surface area (TPSA) is 100 Å². The van der Waals surface area contributed by atoms with E-state index in [2.05, 4.69) is 27.7 Å². The van der Waals surface area contributed by atoms with Gasteiger partial charge in [-0.3, -0.25) is 19.4 Å². The van der Waals surface area contributed by atoms with Crippen LogP contribution in [-0.4, -0.2) is 95.3 Å². The van der Waals surface area contributed by atoms with Crippen molar-refractivity contribution >= 4 is 41.4 Å². The van der Waals surface area contributed by atoms with Gasteiger partial charge in [-0.05, 0) is 94.8 Å². The number of rotatable bonds is 12. The molecule has 11 heteroatoms. The van der Waals surface area contributed by atoms with E-state index in [1.165, 1.54) is 54.3 Å². The number of carbonyl (C=O) groups is 3. The lowest BCUT2D eigenvalue weighted by molar-refractivity contribution is -0.130. The molecule has 1 aliphatic carbocycles. The third-order valence-electron chi connectivity index (χ3n) is 8.65. The Kier molecular flexibility index (Phi) is 13.4. The van der Waals surface area contributed by atoms with Gasteiger partial charge >= 0.3 is 6.09 Å². The molecule has 2 heterocycles. The third kappa shape index (κ3) is 11.1. The Bertz CT molecular complexity index is 1070. The van der Waals surface area contributed by atoms with E-state index in [0.29, 0.717) is 35.8 Å². The van der Waals surface area contributed by atoms with Crippen LogP contribution in [0.5, 0.6) is 5.75 Å². The molecular weight excluding hydrogens is 597 g/mol. The minimum absolute atomic E-state index is 0.135. The summed E-state index contributed by atoms with van der Waals surface area (Å²) >= 11 is 3.29. The number of methoxy groups -OCH3 is 1. The van der Waals surface area contributed by atoms with E-state index >= 15 is 0 Å². The van der Waals surface area contributed by atoms with E-state index in [-0.39, 0.29) is 11.8 Å². The highest BCUT2D eigenvalue weighted by molar-refractivity contribution is 7.99. The third-order valence-corrected chi connectivity index (χ3v) is 10.9.